The third kappa shape index (κ3) is 11.8. The SMILES string of the molecule is CCN(CC)CCCC(C)NC(=NC)NCCCCCOC. The molecule has 0 aromatic rings. The fourth-order valence-electron chi connectivity index (χ4n) is 2.42. The van der Waals surface area contributed by atoms with Gasteiger partial charge in [0.25, 0.3) is 0 Å². The Morgan fingerprint density at radius 1 is 1.14 bits per heavy atom. The first kappa shape index (κ1) is 21.2. The second kappa shape index (κ2) is 15.1. The highest BCUT2D eigenvalue weighted by molar-refractivity contribution is 5.79. The quantitative estimate of drug-likeness (QED) is 0.311. The minimum absolute atomic E-state index is 0.454. The van der Waals surface area contributed by atoms with Crippen molar-refractivity contribution in [3.05, 3.63) is 0 Å². The summed E-state index contributed by atoms with van der Waals surface area (Å²) in [4.78, 5) is 6.77. The molecule has 0 spiro atoms. The number of ether oxygens (including phenoxy) is 1. The smallest absolute Gasteiger partial charge is 0.191 e. The summed E-state index contributed by atoms with van der Waals surface area (Å²) in [6.45, 7) is 12.0. The maximum absolute atomic E-state index is 5.05. The number of nitrogens with one attached hydrogen (secondary N) is 2. The molecule has 0 rings (SSSR count). The van der Waals surface area contributed by atoms with Crippen molar-refractivity contribution in [3.63, 3.8) is 0 Å². The fraction of sp³-hybridized carbons (Fsp3) is 0.941. The van der Waals surface area contributed by atoms with Crippen molar-refractivity contribution >= 4 is 5.96 Å². The van der Waals surface area contributed by atoms with Gasteiger partial charge in [-0.3, -0.25) is 4.99 Å². The van der Waals surface area contributed by atoms with Gasteiger partial charge in [-0.15, -0.1) is 0 Å². The van der Waals surface area contributed by atoms with Gasteiger partial charge in [-0.25, -0.2) is 0 Å². The molecule has 0 saturated heterocycles. The van der Waals surface area contributed by atoms with E-state index >= 15 is 0 Å². The highest BCUT2D eigenvalue weighted by Gasteiger charge is 2.06. The summed E-state index contributed by atoms with van der Waals surface area (Å²) in [7, 11) is 3.59. The number of rotatable bonds is 13. The van der Waals surface area contributed by atoms with Crippen molar-refractivity contribution in [3.8, 4) is 0 Å². The third-order valence-electron chi connectivity index (χ3n) is 3.93. The van der Waals surface area contributed by atoms with Crippen LogP contribution < -0.4 is 10.6 Å². The zero-order valence-electron chi connectivity index (χ0n) is 15.5. The van der Waals surface area contributed by atoms with Gasteiger partial charge in [0.15, 0.2) is 5.96 Å². The maximum atomic E-state index is 5.05. The summed E-state index contributed by atoms with van der Waals surface area (Å²) in [6, 6.07) is 0.454. The lowest BCUT2D eigenvalue weighted by Gasteiger charge is -2.21. The van der Waals surface area contributed by atoms with Gasteiger partial charge in [0.1, 0.15) is 0 Å². The van der Waals surface area contributed by atoms with Gasteiger partial charge in [-0.1, -0.05) is 13.8 Å². The number of nitrogens with zero attached hydrogens (tertiary/aromatic N) is 2. The molecule has 0 saturated carbocycles. The molecule has 5 heteroatoms. The zero-order valence-corrected chi connectivity index (χ0v) is 15.5. The lowest BCUT2D eigenvalue weighted by molar-refractivity contribution is 0.192. The van der Waals surface area contributed by atoms with Crippen molar-refractivity contribution in [1.82, 2.24) is 15.5 Å². The monoisotopic (exact) mass is 314 g/mol. The molecular formula is C17H38N4O. The highest BCUT2D eigenvalue weighted by atomic mass is 16.5. The number of unbranched alkanes of at least 4 members (excludes halogenated alkanes) is 2. The molecule has 22 heavy (non-hydrogen) atoms. The molecule has 0 aromatic carbocycles. The molecule has 0 amide bonds. The van der Waals surface area contributed by atoms with Crippen LogP contribution >= 0.6 is 0 Å². The molecule has 1 atom stereocenters. The van der Waals surface area contributed by atoms with Crippen molar-refractivity contribution < 1.29 is 4.74 Å². The van der Waals surface area contributed by atoms with Gasteiger partial charge in [0.05, 0.1) is 0 Å². The number of guanidine groups is 1. The highest BCUT2D eigenvalue weighted by Crippen LogP contribution is 2.00. The second-order valence-electron chi connectivity index (χ2n) is 5.77. The minimum Gasteiger partial charge on any atom is -0.385 e. The van der Waals surface area contributed by atoms with Gasteiger partial charge < -0.3 is 20.3 Å². The van der Waals surface area contributed by atoms with Crippen molar-refractivity contribution in [1.29, 1.82) is 0 Å². The molecule has 0 aliphatic carbocycles. The topological polar surface area (TPSA) is 48.9 Å². The average molecular weight is 315 g/mol. The predicted molar refractivity (Wildman–Crippen MR) is 96.7 cm³/mol. The summed E-state index contributed by atoms with van der Waals surface area (Å²) in [5.41, 5.74) is 0. The molecule has 1 unspecified atom stereocenters. The molecule has 0 heterocycles. The first-order valence-electron chi connectivity index (χ1n) is 8.86. The Kier molecular flexibility index (Phi) is 14.5. The first-order chi connectivity index (χ1) is 10.7. The minimum atomic E-state index is 0.454. The van der Waals surface area contributed by atoms with Crippen LogP contribution in [0, 0.1) is 0 Å². The molecule has 0 aromatic heterocycles. The summed E-state index contributed by atoms with van der Waals surface area (Å²) in [5, 5.41) is 6.86. The van der Waals surface area contributed by atoms with Crippen LogP contribution in [0.25, 0.3) is 0 Å². The van der Waals surface area contributed by atoms with Crippen LogP contribution in [0.5, 0.6) is 0 Å². The molecule has 0 aliphatic rings. The summed E-state index contributed by atoms with van der Waals surface area (Å²) in [6.07, 6.45) is 5.87. The van der Waals surface area contributed by atoms with Crippen molar-refractivity contribution in [2.24, 2.45) is 4.99 Å². The standard InChI is InChI=1S/C17H38N4O/c1-6-21(7-2)14-11-12-16(3)20-17(18-4)19-13-9-8-10-15-22-5/h16H,6-15H2,1-5H3,(H2,18,19,20). The Morgan fingerprint density at radius 2 is 1.86 bits per heavy atom. The second-order valence-corrected chi connectivity index (χ2v) is 5.77. The van der Waals surface area contributed by atoms with E-state index in [0.29, 0.717) is 6.04 Å². The summed E-state index contributed by atoms with van der Waals surface area (Å²) >= 11 is 0. The van der Waals surface area contributed by atoms with Crippen LogP contribution in [-0.4, -0.2) is 63.8 Å². The van der Waals surface area contributed by atoms with Crippen LogP contribution in [0.4, 0.5) is 0 Å². The van der Waals surface area contributed by atoms with E-state index in [1.165, 1.54) is 25.8 Å². The van der Waals surface area contributed by atoms with E-state index in [9.17, 15) is 0 Å². The molecule has 0 bridgehead atoms. The van der Waals surface area contributed by atoms with Crippen LogP contribution in [0.2, 0.25) is 0 Å². The van der Waals surface area contributed by atoms with Crippen LogP contribution in [0.1, 0.15) is 52.9 Å². The maximum Gasteiger partial charge on any atom is 0.191 e. The van der Waals surface area contributed by atoms with Crippen LogP contribution in [0.3, 0.4) is 0 Å². The Balaban J connectivity index is 3.73. The Hall–Kier alpha value is -0.810. The summed E-state index contributed by atoms with van der Waals surface area (Å²) < 4.78 is 5.05. The zero-order chi connectivity index (χ0) is 16.6. The van der Waals surface area contributed by atoms with Gasteiger partial charge in [-0.2, -0.15) is 0 Å². The number of hydrogen-bond donors (Lipinski definition) is 2. The van der Waals surface area contributed by atoms with Gasteiger partial charge >= 0.3 is 0 Å². The van der Waals surface area contributed by atoms with E-state index < -0.39 is 0 Å². The van der Waals surface area contributed by atoms with Gasteiger partial charge in [0.2, 0.25) is 0 Å². The molecular weight excluding hydrogens is 276 g/mol. The van der Waals surface area contributed by atoms with E-state index in [-0.39, 0.29) is 0 Å². The lowest BCUT2D eigenvalue weighted by Crippen LogP contribution is -2.42. The molecule has 0 aliphatic heterocycles. The average Bonchev–Trinajstić information content (AvgIpc) is 2.53. The van der Waals surface area contributed by atoms with E-state index in [4.69, 9.17) is 4.74 Å². The summed E-state index contributed by atoms with van der Waals surface area (Å²) in [5.74, 6) is 0.919. The predicted octanol–water partition coefficient (Wildman–Crippen LogP) is 2.48. The number of methoxy groups -OCH3 is 1. The van der Waals surface area contributed by atoms with Crippen LogP contribution in [0.15, 0.2) is 4.99 Å². The van der Waals surface area contributed by atoms with E-state index in [2.05, 4.69) is 41.3 Å². The molecule has 5 nitrogen and oxygen atoms in total. The lowest BCUT2D eigenvalue weighted by atomic mass is 10.2. The van der Waals surface area contributed by atoms with Gasteiger partial charge in [-0.05, 0) is 58.7 Å². The fourth-order valence-corrected chi connectivity index (χ4v) is 2.42. The number of aliphatic imine (C=N–C) groups is 1. The molecule has 0 fully saturated rings. The Morgan fingerprint density at radius 3 is 2.45 bits per heavy atom. The van der Waals surface area contributed by atoms with E-state index in [1.54, 1.807) is 7.11 Å². The Bertz CT molecular complexity index is 267. The molecule has 0 radical (unpaired) electrons. The molecule has 132 valence electrons. The molecule has 2 N–H and O–H groups in total. The van der Waals surface area contributed by atoms with E-state index in [0.717, 1.165) is 45.0 Å². The van der Waals surface area contributed by atoms with Crippen molar-refractivity contribution in [2.45, 2.75) is 58.9 Å². The van der Waals surface area contributed by atoms with Gasteiger partial charge in [0, 0.05) is 33.4 Å². The normalized spacial score (nSPS) is 13.5. The van der Waals surface area contributed by atoms with E-state index in [1.807, 2.05) is 7.05 Å². The Labute approximate surface area is 137 Å². The van der Waals surface area contributed by atoms with Crippen molar-refractivity contribution in [2.75, 3.05) is 46.9 Å². The first-order valence-corrected chi connectivity index (χ1v) is 8.86. The number of hydrogen-bond acceptors (Lipinski definition) is 3. The largest absolute Gasteiger partial charge is 0.385 e. The van der Waals surface area contributed by atoms with Crippen LogP contribution in [-0.2, 0) is 4.74 Å². The third-order valence-corrected chi connectivity index (χ3v) is 3.93.